The minimum atomic E-state index is -0.801. The molecular formula is C16H15NO5. The van der Waals surface area contributed by atoms with Crippen molar-refractivity contribution >= 4 is 16.9 Å². The quantitative estimate of drug-likeness (QED) is 0.623. The number of rotatable bonds is 7. The zero-order valence-corrected chi connectivity index (χ0v) is 11.9. The summed E-state index contributed by atoms with van der Waals surface area (Å²) in [6.07, 6.45) is 2.22. The van der Waals surface area contributed by atoms with Crippen molar-refractivity contribution in [3.05, 3.63) is 40.2 Å². The lowest BCUT2D eigenvalue weighted by Crippen LogP contribution is -2.05. The second-order valence-corrected chi connectivity index (χ2v) is 4.79. The van der Waals surface area contributed by atoms with Crippen LogP contribution < -0.4 is 10.4 Å². The van der Waals surface area contributed by atoms with Crippen molar-refractivity contribution in [2.45, 2.75) is 25.7 Å². The Bertz CT molecular complexity index is 772. The van der Waals surface area contributed by atoms with Crippen LogP contribution in [0.5, 0.6) is 5.75 Å². The van der Waals surface area contributed by atoms with Gasteiger partial charge >= 0.3 is 11.6 Å². The lowest BCUT2D eigenvalue weighted by molar-refractivity contribution is -0.137. The molecule has 0 aliphatic heterocycles. The van der Waals surface area contributed by atoms with Crippen LogP contribution in [0.25, 0.3) is 11.0 Å². The van der Waals surface area contributed by atoms with E-state index in [4.69, 9.17) is 19.5 Å². The minimum absolute atomic E-state index is 0.0432. The van der Waals surface area contributed by atoms with Gasteiger partial charge in [-0.2, -0.15) is 5.26 Å². The molecule has 0 atom stereocenters. The van der Waals surface area contributed by atoms with Crippen LogP contribution in [0, 0.1) is 11.3 Å². The Hall–Kier alpha value is -2.81. The highest BCUT2D eigenvalue weighted by Gasteiger charge is 2.09. The molecule has 1 aromatic carbocycles. The molecule has 0 aliphatic rings. The summed E-state index contributed by atoms with van der Waals surface area (Å²) in [5, 5.41) is 18.0. The van der Waals surface area contributed by atoms with Crippen molar-refractivity contribution in [3.8, 4) is 11.8 Å². The highest BCUT2D eigenvalue weighted by atomic mass is 16.5. The molecule has 0 fully saturated rings. The number of fused-ring (bicyclic) bond motifs is 1. The van der Waals surface area contributed by atoms with Gasteiger partial charge in [-0.25, -0.2) is 4.79 Å². The van der Waals surface area contributed by atoms with Gasteiger partial charge in [0.25, 0.3) is 0 Å². The molecule has 0 spiro atoms. The number of nitrogens with zero attached hydrogens (tertiary/aromatic N) is 1. The molecule has 0 bridgehead atoms. The van der Waals surface area contributed by atoms with E-state index in [0.717, 1.165) is 6.42 Å². The van der Waals surface area contributed by atoms with Crippen LogP contribution in [0.1, 0.15) is 31.2 Å². The number of benzene rings is 1. The van der Waals surface area contributed by atoms with Crippen LogP contribution in [0.4, 0.5) is 0 Å². The van der Waals surface area contributed by atoms with Crippen molar-refractivity contribution < 1.29 is 19.1 Å². The maximum atomic E-state index is 11.6. The second-order valence-electron chi connectivity index (χ2n) is 4.79. The maximum absolute atomic E-state index is 11.6. The summed E-state index contributed by atoms with van der Waals surface area (Å²) in [5.41, 5.74) is -0.414. The smallest absolute Gasteiger partial charge is 0.354 e. The van der Waals surface area contributed by atoms with E-state index >= 15 is 0 Å². The zero-order chi connectivity index (χ0) is 15.9. The predicted octanol–water partition coefficient (Wildman–Crippen LogP) is 2.69. The van der Waals surface area contributed by atoms with E-state index in [1.807, 2.05) is 0 Å². The zero-order valence-electron chi connectivity index (χ0n) is 11.9. The molecule has 2 aromatic rings. The van der Waals surface area contributed by atoms with E-state index in [9.17, 15) is 9.59 Å². The van der Waals surface area contributed by atoms with E-state index in [1.165, 1.54) is 6.07 Å². The number of unbranched alkanes of at least 4 members (excludes halogenated alkanes) is 2. The molecule has 0 unspecified atom stereocenters. The van der Waals surface area contributed by atoms with E-state index in [-0.39, 0.29) is 12.0 Å². The Morgan fingerprint density at radius 2 is 2.14 bits per heavy atom. The molecule has 6 nitrogen and oxygen atoms in total. The third-order valence-electron chi connectivity index (χ3n) is 3.14. The molecule has 1 heterocycles. The van der Waals surface area contributed by atoms with Crippen LogP contribution >= 0.6 is 0 Å². The molecule has 0 saturated heterocycles. The number of hydrogen-bond donors (Lipinski definition) is 1. The van der Waals surface area contributed by atoms with Gasteiger partial charge in [0.05, 0.1) is 6.61 Å². The van der Waals surface area contributed by atoms with Crippen molar-refractivity contribution in [3.63, 3.8) is 0 Å². The van der Waals surface area contributed by atoms with Crippen LogP contribution in [0.15, 0.2) is 33.5 Å². The number of carbonyl (C=O) groups is 1. The van der Waals surface area contributed by atoms with Crippen molar-refractivity contribution in [1.82, 2.24) is 0 Å². The molecule has 2 rings (SSSR count). The van der Waals surface area contributed by atoms with Gasteiger partial charge in [-0.1, -0.05) is 12.1 Å². The Morgan fingerprint density at radius 3 is 2.86 bits per heavy atom. The second kappa shape index (κ2) is 7.27. The third kappa shape index (κ3) is 3.85. The lowest BCUT2D eigenvalue weighted by atomic mass is 10.2. The summed E-state index contributed by atoms with van der Waals surface area (Å²) in [4.78, 5) is 22.0. The largest absolute Gasteiger partial charge is 0.490 e. The Morgan fingerprint density at radius 1 is 1.32 bits per heavy atom. The van der Waals surface area contributed by atoms with Crippen LogP contribution in [-0.4, -0.2) is 17.7 Å². The summed E-state index contributed by atoms with van der Waals surface area (Å²) >= 11 is 0. The third-order valence-corrected chi connectivity index (χ3v) is 3.14. The van der Waals surface area contributed by atoms with Gasteiger partial charge in [0.15, 0.2) is 11.3 Å². The number of carboxylic acid groups (broad SMARTS) is 1. The first-order chi connectivity index (χ1) is 10.6. The molecule has 0 amide bonds. The van der Waals surface area contributed by atoms with Crippen molar-refractivity contribution in [2.75, 3.05) is 6.61 Å². The molecule has 0 saturated carbocycles. The van der Waals surface area contributed by atoms with E-state index in [2.05, 4.69) is 0 Å². The Kier molecular flexibility index (Phi) is 5.15. The van der Waals surface area contributed by atoms with Gasteiger partial charge < -0.3 is 14.3 Å². The molecule has 114 valence electrons. The Balaban J connectivity index is 2.03. The van der Waals surface area contributed by atoms with E-state index < -0.39 is 11.6 Å². The summed E-state index contributed by atoms with van der Waals surface area (Å²) < 4.78 is 10.7. The Labute approximate surface area is 126 Å². The topological polar surface area (TPSA) is 101 Å². The van der Waals surface area contributed by atoms with E-state index in [1.54, 1.807) is 24.3 Å². The SMILES string of the molecule is N#Cc1cc2cccc(OCCCCCC(=O)O)c2oc1=O. The average Bonchev–Trinajstić information content (AvgIpc) is 2.50. The standard InChI is InChI=1S/C16H15NO5/c17-10-12-9-11-5-4-6-13(15(11)22-16(12)20)21-8-3-1-2-7-14(18)19/h4-6,9H,1-3,7-8H2,(H,18,19). The normalized spacial score (nSPS) is 10.3. The fourth-order valence-corrected chi connectivity index (χ4v) is 2.05. The molecular weight excluding hydrogens is 286 g/mol. The van der Waals surface area contributed by atoms with Crippen molar-refractivity contribution in [2.24, 2.45) is 0 Å². The first-order valence-corrected chi connectivity index (χ1v) is 6.93. The van der Waals surface area contributed by atoms with Gasteiger partial charge in [-0.05, 0) is 31.4 Å². The average molecular weight is 301 g/mol. The summed E-state index contributed by atoms with van der Waals surface area (Å²) in [7, 11) is 0. The number of ether oxygens (including phenoxy) is 1. The number of aliphatic carboxylic acids is 1. The van der Waals surface area contributed by atoms with Gasteiger partial charge in [-0.15, -0.1) is 0 Å². The fourth-order valence-electron chi connectivity index (χ4n) is 2.05. The van der Waals surface area contributed by atoms with Crippen LogP contribution in [0.2, 0.25) is 0 Å². The first kappa shape index (κ1) is 15.6. The monoisotopic (exact) mass is 301 g/mol. The molecule has 6 heteroatoms. The highest BCUT2D eigenvalue weighted by molar-refractivity contribution is 5.83. The van der Waals surface area contributed by atoms with Gasteiger partial charge in [-0.3, -0.25) is 4.79 Å². The number of nitriles is 1. The molecule has 0 aliphatic carbocycles. The van der Waals surface area contributed by atoms with Crippen LogP contribution in [0.3, 0.4) is 0 Å². The van der Waals surface area contributed by atoms with Gasteiger partial charge in [0, 0.05) is 11.8 Å². The summed E-state index contributed by atoms with van der Waals surface area (Å²) in [5.74, 6) is -0.359. The number of carboxylic acids is 1. The summed E-state index contributed by atoms with van der Waals surface area (Å²) in [6, 6.07) is 8.44. The number of para-hydroxylation sites is 1. The predicted molar refractivity (Wildman–Crippen MR) is 78.8 cm³/mol. The maximum Gasteiger partial charge on any atom is 0.354 e. The molecule has 22 heavy (non-hydrogen) atoms. The molecule has 0 radical (unpaired) electrons. The molecule has 1 aromatic heterocycles. The number of hydrogen-bond acceptors (Lipinski definition) is 5. The first-order valence-electron chi connectivity index (χ1n) is 6.93. The fraction of sp³-hybridized carbons (Fsp3) is 0.312. The van der Waals surface area contributed by atoms with Crippen LogP contribution in [-0.2, 0) is 4.79 Å². The summed E-state index contributed by atoms with van der Waals surface area (Å²) in [6.45, 7) is 0.405. The van der Waals surface area contributed by atoms with Gasteiger partial charge in [0.2, 0.25) is 0 Å². The lowest BCUT2D eigenvalue weighted by Gasteiger charge is -2.08. The van der Waals surface area contributed by atoms with E-state index in [0.29, 0.717) is 36.2 Å². The van der Waals surface area contributed by atoms with Gasteiger partial charge in [0.1, 0.15) is 11.6 Å². The van der Waals surface area contributed by atoms with Crippen molar-refractivity contribution in [1.29, 1.82) is 5.26 Å². The molecule has 1 N–H and O–H groups in total. The highest BCUT2D eigenvalue weighted by Crippen LogP contribution is 2.25. The minimum Gasteiger partial charge on any atom is -0.490 e.